The Morgan fingerprint density at radius 1 is 1.50 bits per heavy atom. The standard InChI is InChI=1S/C13H16ClFN2O3/c1-3-17(8(2)6-12(18)19)13(20)16-11-5-4-9(15)7-10(11)14/h4-5,7-8H,3,6H2,1-2H3,(H,16,20)(H,18,19). The van der Waals surface area contributed by atoms with Crippen LogP contribution >= 0.6 is 11.6 Å². The number of nitrogens with zero attached hydrogens (tertiary/aromatic N) is 1. The monoisotopic (exact) mass is 302 g/mol. The average Bonchev–Trinajstić information content (AvgIpc) is 2.32. The van der Waals surface area contributed by atoms with Gasteiger partial charge in [-0.2, -0.15) is 0 Å². The molecule has 1 aromatic rings. The van der Waals surface area contributed by atoms with E-state index in [9.17, 15) is 14.0 Å². The summed E-state index contributed by atoms with van der Waals surface area (Å²) in [5.74, 6) is -1.48. The van der Waals surface area contributed by atoms with Crippen molar-refractivity contribution in [3.8, 4) is 0 Å². The summed E-state index contributed by atoms with van der Waals surface area (Å²) in [5, 5.41) is 11.4. The van der Waals surface area contributed by atoms with Gasteiger partial charge in [-0.1, -0.05) is 11.6 Å². The minimum Gasteiger partial charge on any atom is -0.481 e. The summed E-state index contributed by atoms with van der Waals surface area (Å²) in [6.45, 7) is 3.73. The second kappa shape index (κ2) is 7.09. The molecule has 0 aromatic heterocycles. The van der Waals surface area contributed by atoms with Crippen LogP contribution in [0.4, 0.5) is 14.9 Å². The Morgan fingerprint density at radius 3 is 2.65 bits per heavy atom. The molecule has 0 saturated heterocycles. The van der Waals surface area contributed by atoms with Crippen LogP contribution in [0, 0.1) is 5.82 Å². The van der Waals surface area contributed by atoms with Crippen molar-refractivity contribution in [3.05, 3.63) is 29.0 Å². The first kappa shape index (κ1) is 16.2. The minimum absolute atomic E-state index is 0.0836. The Bertz CT molecular complexity index is 510. The summed E-state index contributed by atoms with van der Waals surface area (Å²) in [4.78, 5) is 24.1. The highest BCUT2D eigenvalue weighted by Crippen LogP contribution is 2.23. The highest BCUT2D eigenvalue weighted by molar-refractivity contribution is 6.33. The lowest BCUT2D eigenvalue weighted by Crippen LogP contribution is -2.42. The van der Waals surface area contributed by atoms with Crippen molar-refractivity contribution in [1.82, 2.24) is 4.90 Å². The van der Waals surface area contributed by atoms with Gasteiger partial charge in [-0.3, -0.25) is 4.79 Å². The predicted octanol–water partition coefficient (Wildman–Crippen LogP) is 3.20. The van der Waals surface area contributed by atoms with Gasteiger partial charge in [-0.25, -0.2) is 9.18 Å². The number of halogens is 2. The maximum absolute atomic E-state index is 12.9. The number of carboxylic acids is 1. The summed E-state index contributed by atoms with van der Waals surface area (Å²) in [6.07, 6.45) is -0.154. The van der Waals surface area contributed by atoms with Crippen molar-refractivity contribution in [2.75, 3.05) is 11.9 Å². The summed E-state index contributed by atoms with van der Waals surface area (Å²) in [5.41, 5.74) is 0.277. The Labute approximate surface area is 121 Å². The molecule has 0 radical (unpaired) electrons. The molecule has 1 rings (SSSR count). The van der Waals surface area contributed by atoms with Gasteiger partial charge in [0.05, 0.1) is 17.1 Å². The van der Waals surface area contributed by atoms with E-state index in [1.807, 2.05) is 0 Å². The molecule has 1 unspecified atom stereocenters. The van der Waals surface area contributed by atoms with Gasteiger partial charge in [0.2, 0.25) is 0 Å². The number of hydrogen-bond acceptors (Lipinski definition) is 2. The quantitative estimate of drug-likeness (QED) is 0.877. The number of anilines is 1. The molecule has 0 spiro atoms. The van der Waals surface area contributed by atoms with E-state index in [0.717, 1.165) is 6.07 Å². The second-order valence-corrected chi connectivity index (χ2v) is 4.69. The third kappa shape index (κ3) is 4.38. The van der Waals surface area contributed by atoms with Crippen molar-refractivity contribution in [2.24, 2.45) is 0 Å². The SMILES string of the molecule is CCN(C(=O)Nc1ccc(F)cc1Cl)C(C)CC(=O)O. The predicted molar refractivity (Wildman–Crippen MR) is 74.5 cm³/mol. The van der Waals surface area contributed by atoms with Crippen LogP contribution in [0.5, 0.6) is 0 Å². The number of carbonyl (C=O) groups is 2. The van der Waals surface area contributed by atoms with Crippen LogP contribution in [-0.4, -0.2) is 34.6 Å². The smallest absolute Gasteiger partial charge is 0.322 e. The fourth-order valence-corrected chi connectivity index (χ4v) is 2.01. The lowest BCUT2D eigenvalue weighted by atomic mass is 10.2. The maximum Gasteiger partial charge on any atom is 0.322 e. The van der Waals surface area contributed by atoms with Gasteiger partial charge < -0.3 is 15.3 Å². The number of carbonyl (C=O) groups excluding carboxylic acids is 1. The van der Waals surface area contributed by atoms with E-state index in [0.29, 0.717) is 6.54 Å². The second-order valence-electron chi connectivity index (χ2n) is 4.29. The fraction of sp³-hybridized carbons (Fsp3) is 0.385. The first-order valence-corrected chi connectivity index (χ1v) is 6.47. The molecule has 0 bridgehead atoms. The van der Waals surface area contributed by atoms with Crippen molar-refractivity contribution in [3.63, 3.8) is 0 Å². The molecule has 1 atom stereocenters. The molecule has 0 aliphatic rings. The lowest BCUT2D eigenvalue weighted by Gasteiger charge is -2.27. The third-order valence-corrected chi connectivity index (χ3v) is 3.09. The number of urea groups is 1. The highest BCUT2D eigenvalue weighted by Gasteiger charge is 2.21. The molecule has 0 heterocycles. The first-order valence-electron chi connectivity index (χ1n) is 6.09. The molecule has 0 saturated carbocycles. The Morgan fingerprint density at radius 2 is 2.15 bits per heavy atom. The van der Waals surface area contributed by atoms with Gasteiger partial charge in [0.25, 0.3) is 0 Å². The zero-order chi connectivity index (χ0) is 15.3. The van der Waals surface area contributed by atoms with Crippen molar-refractivity contribution in [1.29, 1.82) is 0 Å². The Balaban J connectivity index is 2.79. The minimum atomic E-state index is -0.983. The zero-order valence-electron chi connectivity index (χ0n) is 11.2. The van der Waals surface area contributed by atoms with E-state index in [1.165, 1.54) is 17.0 Å². The van der Waals surface area contributed by atoms with Crippen LogP contribution in [0.25, 0.3) is 0 Å². The van der Waals surface area contributed by atoms with Gasteiger partial charge in [0.1, 0.15) is 5.82 Å². The molecule has 0 aliphatic carbocycles. The molecule has 20 heavy (non-hydrogen) atoms. The number of nitrogens with one attached hydrogen (secondary N) is 1. The largest absolute Gasteiger partial charge is 0.481 e. The van der Waals surface area contributed by atoms with E-state index in [2.05, 4.69) is 5.32 Å². The molecular formula is C13H16ClFN2O3. The van der Waals surface area contributed by atoms with Crippen molar-refractivity contribution < 1.29 is 19.1 Å². The summed E-state index contributed by atoms with van der Waals surface area (Å²) in [7, 11) is 0. The molecule has 0 aliphatic heterocycles. The lowest BCUT2D eigenvalue weighted by molar-refractivity contribution is -0.137. The van der Waals surface area contributed by atoms with E-state index in [4.69, 9.17) is 16.7 Å². The molecule has 7 heteroatoms. The first-order chi connectivity index (χ1) is 9.35. The molecular weight excluding hydrogens is 287 g/mol. The topological polar surface area (TPSA) is 69.6 Å². The molecule has 0 fully saturated rings. The number of rotatable bonds is 5. The van der Waals surface area contributed by atoms with Crippen LogP contribution in [0.3, 0.4) is 0 Å². The van der Waals surface area contributed by atoms with Crippen LogP contribution in [0.1, 0.15) is 20.3 Å². The normalized spacial score (nSPS) is 11.8. The molecule has 2 N–H and O–H groups in total. The van der Waals surface area contributed by atoms with Crippen molar-refractivity contribution in [2.45, 2.75) is 26.3 Å². The van der Waals surface area contributed by atoms with Crippen LogP contribution in [0.15, 0.2) is 18.2 Å². The highest BCUT2D eigenvalue weighted by atomic mass is 35.5. The van der Waals surface area contributed by atoms with E-state index >= 15 is 0 Å². The number of benzene rings is 1. The van der Waals surface area contributed by atoms with E-state index < -0.39 is 23.9 Å². The number of hydrogen-bond donors (Lipinski definition) is 2. The summed E-state index contributed by atoms with van der Waals surface area (Å²) >= 11 is 5.82. The van der Waals surface area contributed by atoms with Gasteiger partial charge >= 0.3 is 12.0 Å². The Kier molecular flexibility index (Phi) is 5.76. The number of carboxylic acid groups (broad SMARTS) is 1. The average molecular weight is 303 g/mol. The van der Waals surface area contributed by atoms with E-state index in [1.54, 1.807) is 13.8 Å². The van der Waals surface area contributed by atoms with Crippen LogP contribution < -0.4 is 5.32 Å². The maximum atomic E-state index is 12.9. The molecule has 1 aromatic carbocycles. The van der Waals surface area contributed by atoms with Crippen LogP contribution in [-0.2, 0) is 4.79 Å². The van der Waals surface area contributed by atoms with Gasteiger partial charge in [-0.15, -0.1) is 0 Å². The summed E-state index contributed by atoms with van der Waals surface area (Å²) < 4.78 is 12.9. The number of amides is 2. The molecule has 2 amide bonds. The van der Waals surface area contributed by atoms with Crippen LogP contribution in [0.2, 0.25) is 5.02 Å². The Hall–Kier alpha value is -1.82. The van der Waals surface area contributed by atoms with Gasteiger partial charge in [0.15, 0.2) is 0 Å². The zero-order valence-corrected chi connectivity index (χ0v) is 11.9. The van der Waals surface area contributed by atoms with Crippen molar-refractivity contribution >= 4 is 29.3 Å². The fourth-order valence-electron chi connectivity index (χ4n) is 1.80. The van der Waals surface area contributed by atoms with Gasteiger partial charge in [0, 0.05) is 12.6 Å². The van der Waals surface area contributed by atoms with Gasteiger partial charge in [-0.05, 0) is 32.0 Å². The van der Waals surface area contributed by atoms with E-state index in [-0.39, 0.29) is 17.1 Å². The molecule has 5 nitrogen and oxygen atoms in total. The molecule has 110 valence electrons. The third-order valence-electron chi connectivity index (χ3n) is 2.78. The number of aliphatic carboxylic acids is 1. The summed E-state index contributed by atoms with van der Waals surface area (Å²) in [6, 6.07) is 2.68.